The van der Waals surface area contributed by atoms with Crippen molar-refractivity contribution in [3.8, 4) is 11.1 Å². The molecule has 0 N–H and O–H groups in total. The van der Waals surface area contributed by atoms with E-state index in [1.165, 1.54) is 22.7 Å². The first-order valence-corrected chi connectivity index (χ1v) is 6.12. The fourth-order valence-electron chi connectivity index (χ4n) is 1.40. The van der Waals surface area contributed by atoms with Crippen LogP contribution in [0.4, 0.5) is 0 Å². The van der Waals surface area contributed by atoms with E-state index < -0.39 is 0 Å². The summed E-state index contributed by atoms with van der Waals surface area (Å²) < 4.78 is 3.51. The van der Waals surface area contributed by atoms with E-state index in [9.17, 15) is 0 Å². The molecule has 3 heteroatoms. The molecule has 3 rings (SSSR count). The predicted octanol–water partition coefficient (Wildman–Crippen LogP) is 3.89. The molecular formula is C14H12N2S. The molecule has 0 saturated carbocycles. The summed E-state index contributed by atoms with van der Waals surface area (Å²) >= 11 is 1.35. The first-order valence-electron chi connectivity index (χ1n) is 5.28. The van der Waals surface area contributed by atoms with Crippen LogP contribution in [-0.2, 0) is 0 Å². The van der Waals surface area contributed by atoms with Gasteiger partial charge in [0.05, 0.1) is 6.20 Å². The summed E-state index contributed by atoms with van der Waals surface area (Å²) in [6.45, 7) is 0. The molecule has 0 atom stereocenters. The topological polar surface area (TPSA) is 25.8 Å². The van der Waals surface area contributed by atoms with Gasteiger partial charge in [0, 0.05) is 5.38 Å². The van der Waals surface area contributed by atoms with Crippen LogP contribution < -0.4 is 0 Å². The maximum Gasteiger partial charge on any atom is 0.0620 e. The molecule has 0 spiro atoms. The van der Waals surface area contributed by atoms with Gasteiger partial charge in [-0.25, -0.2) is 0 Å². The number of hydrogen-bond donors (Lipinski definition) is 0. The zero-order valence-corrected chi connectivity index (χ0v) is 10.0. The third-order valence-corrected chi connectivity index (χ3v) is 2.60. The maximum atomic E-state index is 3.51. The van der Waals surface area contributed by atoms with Crippen molar-refractivity contribution in [3.63, 3.8) is 0 Å². The summed E-state index contributed by atoms with van der Waals surface area (Å²) in [5.74, 6) is 0. The fourth-order valence-corrected chi connectivity index (χ4v) is 1.67. The van der Waals surface area contributed by atoms with Gasteiger partial charge < -0.3 is 0 Å². The average Bonchev–Trinajstić information content (AvgIpc) is 3.00. The Morgan fingerprint density at radius 2 is 1.24 bits per heavy atom. The van der Waals surface area contributed by atoms with Crippen LogP contribution >= 0.6 is 11.5 Å². The molecule has 0 saturated heterocycles. The van der Waals surface area contributed by atoms with Crippen molar-refractivity contribution in [3.05, 3.63) is 72.2 Å². The van der Waals surface area contributed by atoms with Gasteiger partial charge in [0.15, 0.2) is 0 Å². The van der Waals surface area contributed by atoms with Crippen LogP contribution in [0.5, 0.6) is 0 Å². The van der Waals surface area contributed by atoms with E-state index in [0.29, 0.717) is 0 Å². The number of aromatic nitrogens is 2. The lowest BCUT2D eigenvalue weighted by molar-refractivity contribution is 1.16. The molecule has 1 aromatic heterocycles. The van der Waals surface area contributed by atoms with Crippen LogP contribution in [0.3, 0.4) is 0 Å². The molecule has 0 radical (unpaired) electrons. The van der Waals surface area contributed by atoms with E-state index >= 15 is 0 Å². The number of hydrogen-bond acceptors (Lipinski definition) is 3. The molecule has 0 aliphatic carbocycles. The lowest BCUT2D eigenvalue weighted by atomic mass is 10.1. The summed E-state index contributed by atoms with van der Waals surface area (Å²) in [4.78, 5) is 0. The number of benzene rings is 2. The molecule has 0 unspecified atom stereocenters. The first-order chi connectivity index (χ1) is 8.47. The molecule has 3 aromatic rings. The van der Waals surface area contributed by atoms with E-state index in [2.05, 4.69) is 58.1 Å². The molecule has 0 aliphatic rings. The quantitative estimate of drug-likeness (QED) is 0.645. The second-order valence-electron chi connectivity index (χ2n) is 3.32. The zero-order chi connectivity index (χ0) is 11.8. The molecule has 0 aliphatic heterocycles. The maximum absolute atomic E-state index is 3.51. The molecule has 17 heavy (non-hydrogen) atoms. The molecule has 0 amide bonds. The number of rotatable bonds is 1. The molecule has 2 aromatic carbocycles. The van der Waals surface area contributed by atoms with Crippen LogP contribution in [-0.4, -0.2) is 9.59 Å². The molecule has 0 fully saturated rings. The van der Waals surface area contributed by atoms with Crippen LogP contribution in [0.25, 0.3) is 11.1 Å². The van der Waals surface area contributed by atoms with Gasteiger partial charge in [-0.15, -0.1) is 5.10 Å². The Hall–Kier alpha value is -2.00. The summed E-state index contributed by atoms with van der Waals surface area (Å²) in [6, 6.07) is 20.8. The van der Waals surface area contributed by atoms with Crippen molar-refractivity contribution in [2.75, 3.05) is 0 Å². The third-order valence-electron chi connectivity index (χ3n) is 2.16. The van der Waals surface area contributed by atoms with Crippen molar-refractivity contribution in [1.82, 2.24) is 9.59 Å². The van der Waals surface area contributed by atoms with Gasteiger partial charge >= 0.3 is 0 Å². The van der Waals surface area contributed by atoms with E-state index in [-0.39, 0.29) is 0 Å². The Morgan fingerprint density at radius 1 is 0.706 bits per heavy atom. The van der Waals surface area contributed by atoms with Crippen molar-refractivity contribution in [2.45, 2.75) is 0 Å². The highest BCUT2D eigenvalue weighted by atomic mass is 32.1. The van der Waals surface area contributed by atoms with Crippen molar-refractivity contribution >= 4 is 11.5 Å². The Bertz CT molecular complexity index is 452. The minimum Gasteiger partial charge on any atom is -0.147 e. The summed E-state index contributed by atoms with van der Waals surface area (Å²) in [5.41, 5.74) is 2.55. The average molecular weight is 240 g/mol. The largest absolute Gasteiger partial charge is 0.147 e. The van der Waals surface area contributed by atoms with Crippen LogP contribution in [0.15, 0.2) is 72.2 Å². The van der Waals surface area contributed by atoms with E-state index in [0.717, 1.165) is 0 Å². The minimum absolute atomic E-state index is 1.28. The van der Waals surface area contributed by atoms with Crippen molar-refractivity contribution in [1.29, 1.82) is 0 Å². The first kappa shape index (κ1) is 11.5. The Kier molecular flexibility index (Phi) is 4.43. The van der Waals surface area contributed by atoms with Gasteiger partial charge in [-0.2, -0.15) is 0 Å². The summed E-state index contributed by atoms with van der Waals surface area (Å²) in [7, 11) is 0. The Balaban J connectivity index is 0.000000181. The molecular weight excluding hydrogens is 228 g/mol. The van der Waals surface area contributed by atoms with Crippen LogP contribution in [0, 0.1) is 0 Å². The van der Waals surface area contributed by atoms with Crippen LogP contribution in [0.1, 0.15) is 0 Å². The van der Waals surface area contributed by atoms with Gasteiger partial charge in [-0.3, -0.25) is 0 Å². The normalized spacial score (nSPS) is 9.18. The highest BCUT2D eigenvalue weighted by Gasteiger charge is 1.91. The smallest absolute Gasteiger partial charge is 0.0620 e. The van der Waals surface area contributed by atoms with E-state index in [4.69, 9.17) is 0 Å². The van der Waals surface area contributed by atoms with Gasteiger partial charge in [-0.05, 0) is 22.7 Å². The van der Waals surface area contributed by atoms with Gasteiger partial charge in [0.2, 0.25) is 0 Å². The molecule has 2 nitrogen and oxygen atoms in total. The molecule has 1 heterocycles. The molecule has 0 bridgehead atoms. The Morgan fingerprint density at radius 3 is 1.53 bits per heavy atom. The summed E-state index contributed by atoms with van der Waals surface area (Å²) in [5, 5.41) is 5.31. The second kappa shape index (κ2) is 6.55. The minimum atomic E-state index is 1.28. The lowest BCUT2D eigenvalue weighted by Crippen LogP contribution is -1.73. The highest BCUT2D eigenvalue weighted by molar-refractivity contribution is 7.03. The van der Waals surface area contributed by atoms with E-state index in [1.54, 1.807) is 6.20 Å². The van der Waals surface area contributed by atoms with Crippen molar-refractivity contribution in [2.24, 2.45) is 0 Å². The zero-order valence-electron chi connectivity index (χ0n) is 9.23. The second-order valence-corrected chi connectivity index (χ2v) is 3.97. The highest BCUT2D eigenvalue weighted by Crippen LogP contribution is 2.17. The standard InChI is InChI=1S/C12H10.C2H2N2S/c1-3-7-11(8-4-1)12-9-5-2-6-10-12;1-2-5-4-3-1/h1-10H;1-2H. The SMILES string of the molecule is c1ccc(-c2ccccc2)cc1.c1csnn1. The van der Waals surface area contributed by atoms with Crippen molar-refractivity contribution < 1.29 is 0 Å². The third kappa shape index (κ3) is 3.81. The van der Waals surface area contributed by atoms with Gasteiger partial charge in [0.25, 0.3) is 0 Å². The number of nitrogens with zero attached hydrogens (tertiary/aromatic N) is 2. The van der Waals surface area contributed by atoms with E-state index in [1.807, 2.05) is 17.5 Å². The van der Waals surface area contributed by atoms with Gasteiger partial charge in [-0.1, -0.05) is 65.2 Å². The summed E-state index contributed by atoms with van der Waals surface area (Å²) in [6.07, 6.45) is 1.66. The predicted molar refractivity (Wildman–Crippen MR) is 71.8 cm³/mol. The fraction of sp³-hybridized carbons (Fsp3) is 0. The monoisotopic (exact) mass is 240 g/mol. The Labute approximate surface area is 105 Å². The van der Waals surface area contributed by atoms with Gasteiger partial charge in [0.1, 0.15) is 0 Å². The molecule has 84 valence electrons. The van der Waals surface area contributed by atoms with Crippen LogP contribution in [0.2, 0.25) is 0 Å². The lowest BCUT2D eigenvalue weighted by Gasteiger charge is -1.98.